The molecule has 0 aliphatic heterocycles. The molecule has 0 bridgehead atoms. The zero-order valence-electron chi connectivity index (χ0n) is 5.82. The molecule has 0 atom stereocenters. The molecule has 0 aromatic heterocycles. The zero-order chi connectivity index (χ0) is 7.61. The van der Waals surface area contributed by atoms with Crippen molar-refractivity contribution in [3.8, 4) is 0 Å². The molecular formula is C7H14FNO2. The van der Waals surface area contributed by atoms with Crippen LogP contribution in [0.2, 0.25) is 0 Å². The van der Waals surface area contributed by atoms with E-state index in [1.54, 1.807) is 0 Å². The second-order valence-electron chi connectivity index (χ2n) is 2.45. The van der Waals surface area contributed by atoms with Crippen LogP contribution < -0.4 is 5.48 Å². The molecule has 0 saturated heterocycles. The van der Waals surface area contributed by atoms with Crippen molar-refractivity contribution in [3.63, 3.8) is 0 Å². The molecule has 4 heteroatoms. The lowest BCUT2D eigenvalue weighted by molar-refractivity contribution is -0.149. The maximum atomic E-state index is 13.0. The molecule has 1 aliphatic carbocycles. The lowest BCUT2D eigenvalue weighted by Gasteiger charge is -2.31. The Balaban J connectivity index is 0.000001000. The van der Waals surface area contributed by atoms with Gasteiger partial charge in [0.1, 0.15) is 0 Å². The number of hydroxylamine groups is 1. The Labute approximate surface area is 65.9 Å². The lowest BCUT2D eigenvalue weighted by Crippen LogP contribution is -2.47. The van der Waals surface area contributed by atoms with E-state index in [9.17, 15) is 9.18 Å². The summed E-state index contributed by atoms with van der Waals surface area (Å²) in [4.78, 5) is 15.0. The standard InChI is InChI=1S/C6H10FNO2.CH4/c1-10-8-5(9)6(7)3-2-4-6;/h2-4H2,1H3,(H,8,9);1H4. The number of hydrogen-bond acceptors (Lipinski definition) is 2. The number of carbonyl (C=O) groups excluding carboxylic acids is 1. The zero-order valence-corrected chi connectivity index (χ0v) is 5.82. The fraction of sp³-hybridized carbons (Fsp3) is 0.857. The van der Waals surface area contributed by atoms with Gasteiger partial charge in [0.05, 0.1) is 7.11 Å². The van der Waals surface area contributed by atoms with Crippen LogP contribution in [0.25, 0.3) is 0 Å². The van der Waals surface area contributed by atoms with E-state index in [2.05, 4.69) is 4.84 Å². The van der Waals surface area contributed by atoms with Gasteiger partial charge in [0.15, 0.2) is 5.67 Å². The second-order valence-corrected chi connectivity index (χ2v) is 2.45. The first kappa shape index (κ1) is 10.4. The molecule has 1 fully saturated rings. The molecule has 11 heavy (non-hydrogen) atoms. The Kier molecular flexibility index (Phi) is 3.45. The molecule has 0 aromatic rings. The van der Waals surface area contributed by atoms with Crippen LogP contribution >= 0.6 is 0 Å². The first-order valence-corrected chi connectivity index (χ1v) is 3.21. The molecule has 0 radical (unpaired) electrons. The summed E-state index contributed by atoms with van der Waals surface area (Å²) in [6.07, 6.45) is 1.43. The van der Waals surface area contributed by atoms with Gasteiger partial charge >= 0.3 is 0 Å². The normalized spacial score (nSPS) is 19.5. The molecule has 0 aromatic carbocycles. The van der Waals surface area contributed by atoms with Crippen molar-refractivity contribution in [1.82, 2.24) is 5.48 Å². The number of amides is 1. The van der Waals surface area contributed by atoms with Crippen molar-refractivity contribution < 1.29 is 14.0 Å². The fourth-order valence-corrected chi connectivity index (χ4v) is 0.898. The lowest BCUT2D eigenvalue weighted by atomic mass is 9.81. The molecule has 1 aliphatic rings. The van der Waals surface area contributed by atoms with E-state index in [4.69, 9.17) is 0 Å². The molecule has 1 saturated carbocycles. The van der Waals surface area contributed by atoms with Crippen molar-refractivity contribution in [1.29, 1.82) is 0 Å². The summed E-state index contributed by atoms with van der Waals surface area (Å²) in [5.74, 6) is -0.652. The second kappa shape index (κ2) is 3.67. The topological polar surface area (TPSA) is 38.3 Å². The molecule has 1 N–H and O–H groups in total. The predicted octanol–water partition coefficient (Wildman–Crippen LogP) is 1.19. The van der Waals surface area contributed by atoms with E-state index < -0.39 is 11.6 Å². The predicted molar refractivity (Wildman–Crippen MR) is 39.6 cm³/mol. The van der Waals surface area contributed by atoms with Gasteiger partial charge in [-0.05, 0) is 19.3 Å². The van der Waals surface area contributed by atoms with Gasteiger partial charge in [-0.15, -0.1) is 0 Å². The van der Waals surface area contributed by atoms with Crippen molar-refractivity contribution in [2.45, 2.75) is 32.4 Å². The number of hydrogen-bond donors (Lipinski definition) is 1. The van der Waals surface area contributed by atoms with E-state index in [1.807, 2.05) is 5.48 Å². The van der Waals surface area contributed by atoms with Gasteiger partial charge in [-0.25, -0.2) is 9.87 Å². The molecule has 66 valence electrons. The largest absolute Gasteiger partial charge is 0.281 e. The highest BCUT2D eigenvalue weighted by molar-refractivity contribution is 5.85. The average Bonchev–Trinajstić information content (AvgIpc) is 1.83. The van der Waals surface area contributed by atoms with Crippen LogP contribution in [0.5, 0.6) is 0 Å². The Bertz CT molecular complexity index is 145. The molecule has 0 spiro atoms. The van der Waals surface area contributed by atoms with Gasteiger partial charge in [0.25, 0.3) is 5.91 Å². The quantitative estimate of drug-likeness (QED) is 0.621. The molecule has 1 amide bonds. The molecule has 3 nitrogen and oxygen atoms in total. The molecule has 0 heterocycles. The third-order valence-electron chi connectivity index (χ3n) is 1.75. The summed E-state index contributed by atoms with van der Waals surface area (Å²) in [5, 5.41) is 0. The highest BCUT2D eigenvalue weighted by atomic mass is 19.1. The third kappa shape index (κ3) is 1.89. The SMILES string of the molecule is C.CONC(=O)C1(F)CCC1. The van der Waals surface area contributed by atoms with Crippen LogP contribution in [-0.4, -0.2) is 18.7 Å². The molecule has 1 rings (SSSR count). The van der Waals surface area contributed by atoms with Crippen LogP contribution in [0.15, 0.2) is 0 Å². The maximum absolute atomic E-state index is 13.0. The van der Waals surface area contributed by atoms with Gasteiger partial charge in [-0.3, -0.25) is 9.63 Å². The van der Waals surface area contributed by atoms with E-state index >= 15 is 0 Å². The number of nitrogens with one attached hydrogen (secondary N) is 1. The van der Waals surface area contributed by atoms with Crippen molar-refractivity contribution in [3.05, 3.63) is 0 Å². The van der Waals surface area contributed by atoms with E-state index in [-0.39, 0.29) is 7.43 Å². The Morgan fingerprint density at radius 2 is 2.18 bits per heavy atom. The van der Waals surface area contributed by atoms with E-state index in [0.717, 1.165) is 6.42 Å². The third-order valence-corrected chi connectivity index (χ3v) is 1.75. The summed E-state index contributed by atoms with van der Waals surface area (Å²) in [5.41, 5.74) is 0.331. The number of carbonyl (C=O) groups is 1. The van der Waals surface area contributed by atoms with Crippen LogP contribution in [0.1, 0.15) is 26.7 Å². The molecule has 0 unspecified atom stereocenters. The number of rotatable bonds is 2. The summed E-state index contributed by atoms with van der Waals surface area (Å²) in [6.45, 7) is 0. The van der Waals surface area contributed by atoms with E-state index in [1.165, 1.54) is 7.11 Å². The minimum atomic E-state index is -1.64. The average molecular weight is 163 g/mol. The fourth-order valence-electron chi connectivity index (χ4n) is 0.898. The summed E-state index contributed by atoms with van der Waals surface area (Å²) >= 11 is 0. The summed E-state index contributed by atoms with van der Waals surface area (Å²) in [7, 11) is 1.29. The Morgan fingerprint density at radius 1 is 1.64 bits per heavy atom. The van der Waals surface area contributed by atoms with Gasteiger partial charge < -0.3 is 0 Å². The number of halogens is 1. The van der Waals surface area contributed by atoms with Crippen molar-refractivity contribution in [2.24, 2.45) is 0 Å². The first-order valence-electron chi connectivity index (χ1n) is 3.21. The first-order chi connectivity index (χ1) is 4.69. The number of alkyl halides is 1. The van der Waals surface area contributed by atoms with Crippen molar-refractivity contribution >= 4 is 5.91 Å². The minimum absolute atomic E-state index is 0. The van der Waals surface area contributed by atoms with Crippen LogP contribution in [0.4, 0.5) is 4.39 Å². The van der Waals surface area contributed by atoms with Crippen LogP contribution in [0.3, 0.4) is 0 Å². The van der Waals surface area contributed by atoms with Crippen molar-refractivity contribution in [2.75, 3.05) is 7.11 Å². The highest BCUT2D eigenvalue weighted by Gasteiger charge is 2.44. The Hall–Kier alpha value is -0.640. The summed E-state index contributed by atoms with van der Waals surface area (Å²) < 4.78 is 13.0. The van der Waals surface area contributed by atoms with E-state index in [0.29, 0.717) is 12.8 Å². The van der Waals surface area contributed by atoms with Gasteiger partial charge in [0.2, 0.25) is 0 Å². The minimum Gasteiger partial charge on any atom is -0.277 e. The summed E-state index contributed by atoms with van der Waals surface area (Å²) in [6, 6.07) is 0. The Morgan fingerprint density at radius 3 is 2.45 bits per heavy atom. The monoisotopic (exact) mass is 163 g/mol. The van der Waals surface area contributed by atoms with Gasteiger partial charge in [-0.1, -0.05) is 7.43 Å². The van der Waals surface area contributed by atoms with Crippen LogP contribution in [-0.2, 0) is 9.63 Å². The molecular weight excluding hydrogens is 149 g/mol. The highest BCUT2D eigenvalue weighted by Crippen LogP contribution is 2.35. The van der Waals surface area contributed by atoms with Gasteiger partial charge in [0, 0.05) is 0 Å². The van der Waals surface area contributed by atoms with Gasteiger partial charge in [-0.2, -0.15) is 0 Å². The smallest absolute Gasteiger partial charge is 0.277 e. The van der Waals surface area contributed by atoms with Crippen LogP contribution in [0, 0.1) is 0 Å². The maximum Gasteiger partial charge on any atom is 0.281 e.